The molecule has 0 unspecified atom stereocenters. The zero-order chi connectivity index (χ0) is 22.7. The molecule has 0 fully saturated rings. The molecule has 2 rings (SSSR count). The number of nitrogens with zero attached hydrogens (tertiary/aromatic N) is 2. The number of nitrogens with one attached hydrogen (secondary N) is 1. The van der Waals surface area contributed by atoms with Gasteiger partial charge in [-0.2, -0.15) is 17.5 Å². The zero-order valence-corrected chi connectivity index (χ0v) is 17.6. The Kier molecular flexibility index (Phi) is 7.32. The molecule has 30 heavy (non-hydrogen) atoms. The molecule has 0 aliphatic carbocycles. The van der Waals surface area contributed by atoms with E-state index in [0.29, 0.717) is 6.07 Å². The molecule has 164 valence electrons. The van der Waals surface area contributed by atoms with Gasteiger partial charge in [-0.1, -0.05) is 25.4 Å². The number of rotatable bonds is 7. The number of amides is 1. The fourth-order valence-corrected chi connectivity index (χ4v) is 4.35. The first-order chi connectivity index (χ1) is 13.9. The van der Waals surface area contributed by atoms with Gasteiger partial charge in [0.05, 0.1) is 16.1 Å². The highest BCUT2D eigenvalue weighted by atomic mass is 35.5. The SMILES string of the molecule is CCN(CC)S(=O)(=O)c1ccc(=O)n(CC(=O)Nc2ccc(Cl)cc2C(F)(F)F)c1. The van der Waals surface area contributed by atoms with Crippen molar-refractivity contribution in [3.05, 3.63) is 57.5 Å². The van der Waals surface area contributed by atoms with Crippen molar-refractivity contribution in [2.24, 2.45) is 0 Å². The highest BCUT2D eigenvalue weighted by Crippen LogP contribution is 2.36. The van der Waals surface area contributed by atoms with Gasteiger partial charge in [0.2, 0.25) is 15.9 Å². The number of carbonyl (C=O) groups excluding carboxylic acids is 1. The van der Waals surface area contributed by atoms with Crippen molar-refractivity contribution < 1.29 is 26.4 Å². The van der Waals surface area contributed by atoms with Gasteiger partial charge in [0, 0.05) is 30.4 Å². The Morgan fingerprint density at radius 1 is 1.17 bits per heavy atom. The Balaban J connectivity index is 2.32. The summed E-state index contributed by atoms with van der Waals surface area (Å²) in [6, 6.07) is 4.93. The molecule has 0 radical (unpaired) electrons. The second kappa shape index (κ2) is 9.19. The number of hydrogen-bond acceptors (Lipinski definition) is 4. The van der Waals surface area contributed by atoms with Crippen LogP contribution >= 0.6 is 11.6 Å². The lowest BCUT2D eigenvalue weighted by atomic mass is 10.1. The molecule has 0 spiro atoms. The minimum Gasteiger partial charge on any atom is -0.324 e. The smallest absolute Gasteiger partial charge is 0.324 e. The second-order valence-electron chi connectivity index (χ2n) is 6.16. The first-order valence-electron chi connectivity index (χ1n) is 8.77. The largest absolute Gasteiger partial charge is 0.418 e. The van der Waals surface area contributed by atoms with Gasteiger partial charge in [0.15, 0.2) is 0 Å². The number of halogens is 4. The summed E-state index contributed by atoms with van der Waals surface area (Å²) in [7, 11) is -3.89. The van der Waals surface area contributed by atoms with E-state index in [9.17, 15) is 31.2 Å². The Morgan fingerprint density at radius 2 is 1.80 bits per heavy atom. The third-order valence-corrected chi connectivity index (χ3v) is 6.44. The molecule has 1 heterocycles. The van der Waals surface area contributed by atoms with Crippen molar-refractivity contribution in [3.8, 4) is 0 Å². The van der Waals surface area contributed by atoms with Crippen molar-refractivity contribution in [1.82, 2.24) is 8.87 Å². The van der Waals surface area contributed by atoms with Crippen LogP contribution in [0.15, 0.2) is 46.2 Å². The molecule has 1 amide bonds. The van der Waals surface area contributed by atoms with Crippen molar-refractivity contribution in [1.29, 1.82) is 0 Å². The van der Waals surface area contributed by atoms with E-state index < -0.39 is 45.5 Å². The minimum atomic E-state index is -4.76. The second-order valence-corrected chi connectivity index (χ2v) is 8.53. The molecule has 1 aromatic heterocycles. The maximum absolute atomic E-state index is 13.2. The Hall–Kier alpha value is -2.37. The number of pyridine rings is 1. The molecule has 0 aliphatic rings. The fraction of sp³-hybridized carbons (Fsp3) is 0.333. The number of alkyl halides is 3. The van der Waals surface area contributed by atoms with E-state index in [1.165, 1.54) is 10.4 Å². The quantitative estimate of drug-likeness (QED) is 0.680. The Labute approximate surface area is 176 Å². The third-order valence-electron chi connectivity index (χ3n) is 4.17. The average Bonchev–Trinajstić information content (AvgIpc) is 2.64. The van der Waals surface area contributed by atoms with Gasteiger partial charge in [0.1, 0.15) is 6.54 Å². The van der Waals surface area contributed by atoms with E-state index in [2.05, 4.69) is 5.32 Å². The van der Waals surface area contributed by atoms with Crippen molar-refractivity contribution in [2.45, 2.75) is 31.5 Å². The summed E-state index contributed by atoms with van der Waals surface area (Å²) in [5, 5.41) is 1.92. The molecule has 7 nitrogen and oxygen atoms in total. The molecule has 12 heteroatoms. The van der Waals surface area contributed by atoms with Crippen LogP contribution in [0.25, 0.3) is 0 Å². The average molecular weight is 466 g/mol. The van der Waals surface area contributed by atoms with Crippen LogP contribution in [0.2, 0.25) is 5.02 Å². The van der Waals surface area contributed by atoms with Crippen molar-refractivity contribution in [2.75, 3.05) is 18.4 Å². The van der Waals surface area contributed by atoms with E-state index in [-0.39, 0.29) is 23.0 Å². The summed E-state index contributed by atoms with van der Waals surface area (Å²) in [6.07, 6.45) is -3.77. The summed E-state index contributed by atoms with van der Waals surface area (Å²) >= 11 is 5.60. The number of carbonyl (C=O) groups is 1. The van der Waals surface area contributed by atoms with Crippen molar-refractivity contribution in [3.63, 3.8) is 0 Å². The lowest BCUT2D eigenvalue weighted by Gasteiger charge is -2.19. The van der Waals surface area contributed by atoms with E-state index in [1.807, 2.05) is 0 Å². The lowest BCUT2D eigenvalue weighted by Crippen LogP contribution is -2.33. The van der Waals surface area contributed by atoms with E-state index in [4.69, 9.17) is 11.6 Å². The Bertz CT molecular complexity index is 1100. The van der Waals surface area contributed by atoms with Crippen LogP contribution in [-0.2, 0) is 27.5 Å². The maximum atomic E-state index is 13.2. The summed E-state index contributed by atoms with van der Waals surface area (Å²) in [6.45, 7) is 3.02. The van der Waals surface area contributed by atoms with Crippen LogP contribution in [0.1, 0.15) is 19.4 Å². The van der Waals surface area contributed by atoms with E-state index >= 15 is 0 Å². The molecular formula is C18H19ClF3N3O4S. The number of hydrogen-bond donors (Lipinski definition) is 1. The lowest BCUT2D eigenvalue weighted by molar-refractivity contribution is -0.137. The number of aromatic nitrogens is 1. The van der Waals surface area contributed by atoms with Gasteiger partial charge in [-0.25, -0.2) is 8.42 Å². The van der Waals surface area contributed by atoms with Crippen molar-refractivity contribution >= 4 is 33.2 Å². The van der Waals surface area contributed by atoms with E-state index in [1.54, 1.807) is 13.8 Å². The van der Waals surface area contributed by atoms with Gasteiger partial charge < -0.3 is 9.88 Å². The topological polar surface area (TPSA) is 88.5 Å². The van der Waals surface area contributed by atoms with Crippen LogP contribution in [0.5, 0.6) is 0 Å². The van der Waals surface area contributed by atoms with Crippen LogP contribution in [0, 0.1) is 0 Å². The van der Waals surface area contributed by atoms with Gasteiger partial charge in [0.25, 0.3) is 5.56 Å². The molecule has 1 N–H and O–H groups in total. The number of sulfonamides is 1. The summed E-state index contributed by atoms with van der Waals surface area (Å²) in [4.78, 5) is 24.1. The van der Waals surface area contributed by atoms with Gasteiger partial charge in [-0.3, -0.25) is 9.59 Å². The van der Waals surface area contributed by atoms with Crippen LogP contribution in [0.3, 0.4) is 0 Å². The van der Waals surface area contributed by atoms with Crippen LogP contribution < -0.4 is 10.9 Å². The molecule has 2 aromatic rings. The molecule has 0 saturated heterocycles. The summed E-state index contributed by atoms with van der Waals surface area (Å²) in [5.41, 5.74) is -2.36. The number of anilines is 1. The first-order valence-corrected chi connectivity index (χ1v) is 10.6. The molecule has 1 aromatic carbocycles. The summed E-state index contributed by atoms with van der Waals surface area (Å²) in [5.74, 6) is -0.942. The molecule has 0 atom stereocenters. The monoisotopic (exact) mass is 465 g/mol. The number of benzene rings is 1. The predicted molar refractivity (Wildman–Crippen MR) is 106 cm³/mol. The van der Waals surface area contributed by atoms with Crippen LogP contribution in [0.4, 0.5) is 18.9 Å². The van der Waals surface area contributed by atoms with E-state index in [0.717, 1.165) is 29.0 Å². The van der Waals surface area contributed by atoms with Gasteiger partial charge >= 0.3 is 6.18 Å². The Morgan fingerprint density at radius 3 is 2.37 bits per heavy atom. The third kappa shape index (κ3) is 5.41. The predicted octanol–water partition coefficient (Wildman–Crippen LogP) is 3.19. The highest BCUT2D eigenvalue weighted by molar-refractivity contribution is 7.89. The summed E-state index contributed by atoms with van der Waals surface area (Å²) < 4.78 is 66.7. The minimum absolute atomic E-state index is 0.161. The zero-order valence-electron chi connectivity index (χ0n) is 16.0. The molecule has 0 bridgehead atoms. The fourth-order valence-electron chi connectivity index (χ4n) is 2.70. The van der Waals surface area contributed by atoms with Gasteiger partial charge in [-0.05, 0) is 24.3 Å². The molecule has 0 aliphatic heterocycles. The first kappa shape index (κ1) is 23.9. The van der Waals surface area contributed by atoms with Crippen LogP contribution in [-0.4, -0.2) is 36.3 Å². The standard InChI is InChI=1S/C18H19ClF3N3O4S/c1-3-25(4-2)30(28,29)13-6-8-17(27)24(10-13)11-16(26)23-15-7-5-12(19)9-14(15)18(20,21)22/h5-10H,3-4,11H2,1-2H3,(H,23,26). The molecular weight excluding hydrogens is 447 g/mol. The van der Waals surface area contributed by atoms with Gasteiger partial charge in [-0.15, -0.1) is 0 Å². The molecule has 0 saturated carbocycles. The maximum Gasteiger partial charge on any atom is 0.418 e. The normalized spacial score (nSPS) is 12.2. The highest BCUT2D eigenvalue weighted by Gasteiger charge is 2.34.